The van der Waals surface area contributed by atoms with Crippen LogP contribution in [0.2, 0.25) is 0 Å². The summed E-state index contributed by atoms with van der Waals surface area (Å²) < 4.78 is 52.5. The van der Waals surface area contributed by atoms with E-state index in [2.05, 4.69) is 42.4 Å². The molecule has 0 N–H and O–H groups in total. The minimum absolute atomic E-state index is 0.213. The van der Waals surface area contributed by atoms with Gasteiger partial charge in [-0.3, -0.25) is 0 Å². The zero-order valence-electron chi connectivity index (χ0n) is 20.9. The second-order valence-corrected chi connectivity index (χ2v) is 8.73. The van der Waals surface area contributed by atoms with Crippen molar-refractivity contribution < 1.29 is 37.0 Å². The predicted octanol–water partition coefficient (Wildman–Crippen LogP) is 6.72. The highest BCUT2D eigenvalue weighted by Crippen LogP contribution is 2.31. The molecule has 3 rings (SSSR count). The molecule has 0 saturated carbocycles. The van der Waals surface area contributed by atoms with Gasteiger partial charge < -0.3 is 14.2 Å². The van der Waals surface area contributed by atoms with E-state index in [1.54, 1.807) is 13.8 Å². The summed E-state index contributed by atoms with van der Waals surface area (Å²) >= 11 is 0. The van der Waals surface area contributed by atoms with Crippen molar-refractivity contribution in [2.24, 2.45) is 0 Å². The Hall–Kier alpha value is -3.81. The van der Waals surface area contributed by atoms with Gasteiger partial charge in [-0.15, -0.1) is 13.2 Å². The van der Waals surface area contributed by atoms with E-state index in [9.17, 15) is 22.8 Å². The van der Waals surface area contributed by atoms with Crippen LogP contribution in [0.1, 0.15) is 59.7 Å². The van der Waals surface area contributed by atoms with E-state index in [0.717, 1.165) is 24.8 Å². The molecular formula is C28H27F3O5. The van der Waals surface area contributed by atoms with Gasteiger partial charge in [-0.05, 0) is 98.2 Å². The molecule has 0 aliphatic carbocycles. The van der Waals surface area contributed by atoms with Crippen molar-refractivity contribution in [1.82, 2.24) is 0 Å². The van der Waals surface area contributed by atoms with Crippen LogP contribution in [0.4, 0.5) is 13.2 Å². The van der Waals surface area contributed by atoms with Crippen LogP contribution in [0.15, 0.2) is 42.5 Å². The van der Waals surface area contributed by atoms with Gasteiger partial charge in [0.05, 0.1) is 12.7 Å². The number of hydrogen-bond donors (Lipinski definition) is 0. The fourth-order valence-corrected chi connectivity index (χ4v) is 4.05. The van der Waals surface area contributed by atoms with Gasteiger partial charge in [-0.2, -0.15) is 0 Å². The summed E-state index contributed by atoms with van der Waals surface area (Å²) in [7, 11) is 1.03. The number of benzene rings is 3. The molecule has 0 fully saturated rings. The van der Waals surface area contributed by atoms with Crippen molar-refractivity contribution in [3.8, 4) is 11.5 Å². The fraction of sp³-hybridized carbons (Fsp3) is 0.286. The summed E-state index contributed by atoms with van der Waals surface area (Å²) in [6.07, 6.45) is -4.37. The summed E-state index contributed by atoms with van der Waals surface area (Å²) in [5.74, 6) is -2.45. The first-order valence-electron chi connectivity index (χ1n) is 11.2. The monoisotopic (exact) mass is 500 g/mol. The van der Waals surface area contributed by atoms with Gasteiger partial charge in [-0.25, -0.2) is 9.59 Å². The topological polar surface area (TPSA) is 61.8 Å². The number of esters is 2. The Labute approximate surface area is 207 Å². The lowest BCUT2D eigenvalue weighted by Crippen LogP contribution is -2.20. The van der Waals surface area contributed by atoms with E-state index >= 15 is 0 Å². The molecule has 0 heterocycles. The number of carbonyl (C=O) groups excluding carboxylic acids is 2. The number of alkyl halides is 3. The molecule has 0 aliphatic rings. The van der Waals surface area contributed by atoms with E-state index < -0.39 is 29.6 Å². The molecule has 0 atom stereocenters. The van der Waals surface area contributed by atoms with Crippen molar-refractivity contribution in [2.45, 2.75) is 47.4 Å². The molecule has 0 saturated heterocycles. The maximum atomic E-state index is 12.8. The van der Waals surface area contributed by atoms with Gasteiger partial charge in [0.2, 0.25) is 0 Å². The number of ether oxygens (including phenoxy) is 3. The zero-order chi connectivity index (χ0) is 26.8. The third kappa shape index (κ3) is 6.24. The van der Waals surface area contributed by atoms with Gasteiger partial charge in [0.25, 0.3) is 0 Å². The Morgan fingerprint density at radius 3 is 1.81 bits per heavy atom. The molecule has 0 aliphatic heterocycles. The molecule has 0 bridgehead atoms. The molecule has 0 amide bonds. The van der Waals surface area contributed by atoms with E-state index in [1.807, 2.05) is 12.1 Å². The second-order valence-electron chi connectivity index (χ2n) is 8.73. The maximum absolute atomic E-state index is 12.8. The lowest BCUT2D eigenvalue weighted by molar-refractivity contribution is -0.274. The Bertz CT molecular complexity index is 1280. The van der Waals surface area contributed by atoms with Gasteiger partial charge in [0.15, 0.2) is 0 Å². The minimum Gasteiger partial charge on any atom is -0.465 e. The van der Waals surface area contributed by atoms with Crippen LogP contribution in [0.25, 0.3) is 0 Å². The summed E-state index contributed by atoms with van der Waals surface area (Å²) in [4.78, 5) is 24.6. The van der Waals surface area contributed by atoms with Crippen molar-refractivity contribution >= 4 is 11.9 Å². The van der Waals surface area contributed by atoms with E-state index in [4.69, 9.17) is 4.74 Å². The quantitative estimate of drug-likeness (QED) is 0.278. The van der Waals surface area contributed by atoms with Crippen molar-refractivity contribution in [1.29, 1.82) is 0 Å². The lowest BCUT2D eigenvalue weighted by atomic mass is 9.95. The van der Waals surface area contributed by atoms with Gasteiger partial charge >= 0.3 is 18.3 Å². The Kier molecular flexibility index (Phi) is 7.77. The van der Waals surface area contributed by atoms with Crippen LogP contribution >= 0.6 is 0 Å². The summed E-state index contributed by atoms with van der Waals surface area (Å²) in [6.45, 7) is 9.83. The molecule has 3 aromatic rings. The molecule has 0 spiro atoms. The molecule has 8 heteroatoms. The van der Waals surface area contributed by atoms with Crippen molar-refractivity contribution in [2.75, 3.05) is 7.11 Å². The Balaban J connectivity index is 1.87. The first-order valence-corrected chi connectivity index (χ1v) is 11.2. The van der Waals surface area contributed by atoms with Crippen LogP contribution in [0.5, 0.6) is 11.5 Å². The average molecular weight is 501 g/mol. The van der Waals surface area contributed by atoms with Gasteiger partial charge in [-0.1, -0.05) is 24.3 Å². The van der Waals surface area contributed by atoms with Gasteiger partial charge in [0, 0.05) is 0 Å². The van der Waals surface area contributed by atoms with Crippen LogP contribution < -0.4 is 9.47 Å². The molecule has 190 valence electrons. The highest BCUT2D eigenvalue weighted by molar-refractivity contribution is 5.96. The molecular weight excluding hydrogens is 473 g/mol. The molecule has 0 aromatic heterocycles. The molecule has 36 heavy (non-hydrogen) atoms. The molecule has 5 nitrogen and oxygen atoms in total. The highest BCUT2D eigenvalue weighted by Gasteiger charge is 2.33. The third-order valence-electron chi connectivity index (χ3n) is 5.96. The van der Waals surface area contributed by atoms with Crippen LogP contribution in [-0.4, -0.2) is 25.4 Å². The van der Waals surface area contributed by atoms with Crippen molar-refractivity contribution in [3.05, 3.63) is 92.5 Å². The number of rotatable bonds is 6. The summed E-state index contributed by atoms with van der Waals surface area (Å²) in [5, 5.41) is 0. The van der Waals surface area contributed by atoms with Crippen LogP contribution in [-0.2, 0) is 11.2 Å². The predicted molar refractivity (Wildman–Crippen MR) is 129 cm³/mol. The zero-order valence-corrected chi connectivity index (χ0v) is 20.9. The number of carbonyl (C=O) groups is 2. The lowest BCUT2D eigenvalue weighted by Gasteiger charge is -2.15. The van der Waals surface area contributed by atoms with Gasteiger partial charge in [0.1, 0.15) is 17.1 Å². The number of methoxy groups -OCH3 is 1. The first kappa shape index (κ1) is 26.8. The fourth-order valence-electron chi connectivity index (χ4n) is 4.05. The minimum atomic E-state index is -5.07. The highest BCUT2D eigenvalue weighted by atomic mass is 19.4. The van der Waals surface area contributed by atoms with Crippen molar-refractivity contribution in [3.63, 3.8) is 0 Å². The SMILES string of the molecule is COC(=O)c1ccc(C(=O)Oc2c(C)cc(Cc3cc(C)c(C)c(C)c3)cc2C)cc1OC(F)(F)F. The van der Waals surface area contributed by atoms with E-state index in [-0.39, 0.29) is 5.56 Å². The normalized spacial score (nSPS) is 11.2. The number of halogens is 3. The average Bonchev–Trinajstić information content (AvgIpc) is 2.78. The smallest absolute Gasteiger partial charge is 0.465 e. The largest absolute Gasteiger partial charge is 0.573 e. The molecule has 0 radical (unpaired) electrons. The number of hydrogen-bond acceptors (Lipinski definition) is 5. The second kappa shape index (κ2) is 10.4. The Morgan fingerprint density at radius 2 is 1.31 bits per heavy atom. The standard InChI is InChI=1S/C28H27F3O5/c1-15-9-20(10-16(2)19(15)5)13-21-11-17(3)25(18(4)12-21)35-26(32)22-7-8-23(27(33)34-6)24(14-22)36-28(29,30)31/h7-12,14H,13H2,1-6H3. The summed E-state index contributed by atoms with van der Waals surface area (Å²) in [6, 6.07) is 11.1. The Morgan fingerprint density at radius 1 is 0.778 bits per heavy atom. The number of aryl methyl sites for hydroxylation is 4. The summed E-state index contributed by atoms with van der Waals surface area (Å²) in [5.41, 5.74) is 6.63. The van der Waals surface area contributed by atoms with Crippen LogP contribution in [0.3, 0.4) is 0 Å². The van der Waals surface area contributed by atoms with Crippen LogP contribution in [0, 0.1) is 34.6 Å². The molecule has 3 aromatic carbocycles. The third-order valence-corrected chi connectivity index (χ3v) is 5.96. The van der Waals surface area contributed by atoms with E-state index in [0.29, 0.717) is 23.3 Å². The first-order chi connectivity index (χ1) is 16.8. The molecule has 0 unspecified atom stereocenters. The maximum Gasteiger partial charge on any atom is 0.573 e. The van der Waals surface area contributed by atoms with E-state index in [1.165, 1.54) is 28.3 Å².